The maximum Gasteiger partial charge on any atom is 0.407 e. The molecule has 0 heterocycles. The van der Waals surface area contributed by atoms with Gasteiger partial charge in [-0.05, 0) is 144 Å². The summed E-state index contributed by atoms with van der Waals surface area (Å²) in [6, 6.07) is 43.3. The second-order valence-corrected chi connectivity index (χ2v) is 27.6. The number of carbonyl (C=O) groups is 9. The van der Waals surface area contributed by atoms with Gasteiger partial charge in [-0.3, -0.25) is 33.6 Å². The smallest absolute Gasteiger partial charge is 0.407 e. The molecule has 7 amide bonds. The number of nitrogens with one attached hydrogen (secondary N) is 7. The molecule has 0 saturated heterocycles. The van der Waals surface area contributed by atoms with Gasteiger partial charge in [-0.25, -0.2) is 9.59 Å². The van der Waals surface area contributed by atoms with Crippen molar-refractivity contribution in [2.45, 2.75) is 173 Å². The molecule has 1 aliphatic carbocycles. The van der Waals surface area contributed by atoms with E-state index in [9.17, 15) is 48.3 Å². The van der Waals surface area contributed by atoms with Crippen molar-refractivity contribution in [3.05, 3.63) is 197 Å². The molecule has 0 unspecified atom stereocenters. The van der Waals surface area contributed by atoms with E-state index in [2.05, 4.69) is 37.2 Å². The lowest BCUT2D eigenvalue weighted by molar-refractivity contribution is -0.155. The van der Waals surface area contributed by atoms with Crippen LogP contribution >= 0.6 is 0 Å². The molecule has 7 rings (SSSR count). The number of amides is 7. The second kappa shape index (κ2) is 33.7. The Balaban J connectivity index is 1.07. The summed E-state index contributed by atoms with van der Waals surface area (Å²) >= 11 is 0. The van der Waals surface area contributed by atoms with Gasteiger partial charge in [0, 0.05) is 25.2 Å². The summed E-state index contributed by atoms with van der Waals surface area (Å²) in [5, 5.41) is 29.3. The van der Waals surface area contributed by atoms with Gasteiger partial charge in [0.1, 0.15) is 59.3 Å². The zero-order valence-electron chi connectivity index (χ0n) is 57.2. The molecule has 0 bridgehead atoms. The average molecular weight is 1330 g/mol. The van der Waals surface area contributed by atoms with Gasteiger partial charge in [0.25, 0.3) is 0 Å². The molecular weight excluding hydrogens is 1230 g/mol. The maximum atomic E-state index is 14.9. The zero-order chi connectivity index (χ0) is 70.7. The zero-order valence-corrected chi connectivity index (χ0v) is 57.2. The normalized spacial score (nSPS) is 13.8. The summed E-state index contributed by atoms with van der Waals surface area (Å²) < 4.78 is 23.5. The summed E-state index contributed by atoms with van der Waals surface area (Å²) in [5.41, 5.74) is 3.41. The summed E-state index contributed by atoms with van der Waals surface area (Å²) in [6.45, 7) is 18.4. The molecule has 8 N–H and O–H groups in total. The summed E-state index contributed by atoms with van der Waals surface area (Å²) in [4.78, 5) is 126. The van der Waals surface area contributed by atoms with Crippen molar-refractivity contribution < 1.29 is 67.2 Å². The lowest BCUT2D eigenvalue weighted by Gasteiger charge is -2.37. The lowest BCUT2D eigenvalue weighted by atomic mass is 9.77. The summed E-state index contributed by atoms with van der Waals surface area (Å²) in [6.07, 6.45) is -2.45. The topological polar surface area (TPSA) is 295 Å². The van der Waals surface area contributed by atoms with E-state index < -0.39 is 113 Å². The highest BCUT2D eigenvalue weighted by Crippen LogP contribution is 2.44. The molecule has 21 nitrogen and oxygen atoms in total. The van der Waals surface area contributed by atoms with Gasteiger partial charge in [0.2, 0.25) is 35.4 Å². The van der Waals surface area contributed by atoms with Crippen molar-refractivity contribution in [2.24, 2.45) is 5.92 Å². The van der Waals surface area contributed by atoms with Crippen molar-refractivity contribution in [2.75, 3.05) is 19.8 Å². The van der Waals surface area contributed by atoms with E-state index in [1.807, 2.05) is 160 Å². The molecule has 0 fully saturated rings. The molecule has 21 heteroatoms. The third-order valence-corrected chi connectivity index (χ3v) is 15.7. The van der Waals surface area contributed by atoms with Crippen molar-refractivity contribution >= 4 is 53.5 Å². The van der Waals surface area contributed by atoms with E-state index in [0.717, 1.165) is 38.9 Å². The van der Waals surface area contributed by atoms with Crippen LogP contribution in [0.4, 0.5) is 4.79 Å². The molecule has 6 aromatic rings. The number of carbonyl (C=O) groups excluding carboxylic acids is 8. The number of carboxylic acids is 1. The van der Waals surface area contributed by atoms with Crippen LogP contribution in [0.2, 0.25) is 0 Å². The monoisotopic (exact) mass is 1330 g/mol. The molecule has 6 aromatic carbocycles. The molecular formula is C76H93N7O14. The Morgan fingerprint density at radius 3 is 1.47 bits per heavy atom. The molecule has 0 aromatic heterocycles. The number of rotatable bonds is 31. The number of ether oxygens (including phenoxy) is 4. The number of fused-ring (bicyclic) bond motifs is 3. The van der Waals surface area contributed by atoms with Crippen LogP contribution in [0.25, 0.3) is 11.1 Å². The van der Waals surface area contributed by atoms with E-state index >= 15 is 0 Å². The Morgan fingerprint density at radius 1 is 0.485 bits per heavy atom. The van der Waals surface area contributed by atoms with Gasteiger partial charge < -0.3 is 61.3 Å². The number of hydrogen-bond acceptors (Lipinski definition) is 13. The SMILES string of the molecule is CC(C)C[C@H](NC(=O)[C@H](Cc1ccc(OC(C)(C)C)cc1)NC(=O)[C@H](COC(C)(C)C)NC(=O)OCC1c2ccccc2-c2ccccc21)C(=O)N[C@@H](CCC(=O)OC(C)(C)C)C(=O)NCC(=O)N[C@@H](CCC(=O)NC(c1ccccc1)(c1ccccc1)c1ccccc1)C(=O)O. The second-order valence-electron chi connectivity index (χ2n) is 27.6. The van der Waals surface area contributed by atoms with Crippen LogP contribution in [-0.4, -0.2) is 125 Å². The molecule has 5 atom stereocenters. The van der Waals surface area contributed by atoms with Crippen molar-refractivity contribution in [3.63, 3.8) is 0 Å². The molecule has 0 aliphatic heterocycles. The Hall–Kier alpha value is -9.89. The minimum absolute atomic E-state index is 0.00558. The Bertz CT molecular complexity index is 3530. The Kier molecular flexibility index (Phi) is 25.9. The fraction of sp³-hybridized carbons (Fsp3) is 0.408. The number of esters is 1. The van der Waals surface area contributed by atoms with Gasteiger partial charge in [0.15, 0.2) is 0 Å². The predicted octanol–water partition coefficient (Wildman–Crippen LogP) is 9.33. The number of carboxylic acid groups (broad SMARTS) is 1. The number of alkyl carbamates (subject to hydrolysis) is 1. The molecule has 97 heavy (non-hydrogen) atoms. The van der Waals surface area contributed by atoms with Gasteiger partial charge in [-0.1, -0.05) is 166 Å². The molecule has 0 spiro atoms. The first-order valence-corrected chi connectivity index (χ1v) is 32.8. The van der Waals surface area contributed by atoms with E-state index in [1.54, 1.807) is 79.7 Å². The van der Waals surface area contributed by atoms with Gasteiger partial charge >= 0.3 is 18.0 Å². The highest BCUT2D eigenvalue weighted by Gasteiger charge is 2.39. The van der Waals surface area contributed by atoms with Crippen LogP contribution in [0.15, 0.2) is 164 Å². The largest absolute Gasteiger partial charge is 0.488 e. The van der Waals surface area contributed by atoms with E-state index in [4.69, 9.17) is 18.9 Å². The third kappa shape index (κ3) is 22.3. The van der Waals surface area contributed by atoms with Crippen molar-refractivity contribution in [1.29, 1.82) is 0 Å². The van der Waals surface area contributed by atoms with Crippen LogP contribution < -0.4 is 42.0 Å². The third-order valence-electron chi connectivity index (χ3n) is 15.7. The number of benzene rings is 6. The molecule has 1 aliphatic rings. The predicted molar refractivity (Wildman–Crippen MR) is 368 cm³/mol. The fourth-order valence-corrected chi connectivity index (χ4v) is 11.4. The molecule has 0 radical (unpaired) electrons. The average Bonchev–Trinajstić information content (AvgIpc) is 1.74. The number of aliphatic carboxylic acids is 1. The highest BCUT2D eigenvalue weighted by molar-refractivity contribution is 5.96. The standard InChI is InChI=1S/C76H93N7O14/c1-48(2)43-61(80-69(89)62(44-49-35-37-53(38-36-49)96-74(6,7)8)81-70(90)63(47-95-73(3,4)5)82-72(93)94-46-58-56-33-23-21-31-54(56)55-32-22-24-34-57(55)58)68(88)79-59(40-42-66(86)97-75(9,10)11)67(87)77-45-65(85)78-60(71(91)92)39-41-64(84)83-76(50-25-15-12-16-26-50,51-27-17-13-18-28-51)52-29-19-14-20-30-52/h12-38,48,58-63H,39-47H2,1-11H3,(H,77,87)(H,78,85)(H,79,88)(H,80,89)(H,81,90)(H,82,93)(H,83,84)(H,91,92)/t59-,60-,61-,62-,63-/m0/s1. The van der Waals surface area contributed by atoms with Crippen molar-refractivity contribution in [1.82, 2.24) is 37.2 Å². The van der Waals surface area contributed by atoms with Crippen molar-refractivity contribution in [3.8, 4) is 16.9 Å². The van der Waals surface area contributed by atoms with E-state index in [0.29, 0.717) is 11.3 Å². The lowest BCUT2D eigenvalue weighted by Crippen LogP contribution is -2.59. The minimum atomic E-state index is -1.59. The molecule has 0 saturated carbocycles. The van der Waals surface area contributed by atoms with Gasteiger partial charge in [-0.2, -0.15) is 0 Å². The maximum absolute atomic E-state index is 14.9. The van der Waals surface area contributed by atoms with Gasteiger partial charge in [-0.15, -0.1) is 0 Å². The van der Waals surface area contributed by atoms with Crippen LogP contribution in [0.3, 0.4) is 0 Å². The highest BCUT2D eigenvalue weighted by atomic mass is 16.6. The first-order chi connectivity index (χ1) is 45.9. The van der Waals surface area contributed by atoms with E-state index in [-0.39, 0.29) is 63.6 Å². The van der Waals surface area contributed by atoms with Gasteiger partial charge in [0.05, 0.1) is 18.8 Å². The van der Waals surface area contributed by atoms with Crippen LogP contribution in [0.1, 0.15) is 148 Å². The summed E-state index contributed by atoms with van der Waals surface area (Å²) in [7, 11) is 0. The Labute approximate surface area is 568 Å². The molecule has 516 valence electrons. The first-order valence-electron chi connectivity index (χ1n) is 32.8. The summed E-state index contributed by atoms with van der Waals surface area (Å²) in [5.74, 6) is -7.05. The van der Waals surface area contributed by atoms with E-state index in [1.165, 1.54) is 0 Å². The quantitative estimate of drug-likeness (QED) is 0.0149. The minimum Gasteiger partial charge on any atom is -0.488 e. The fourth-order valence-electron chi connectivity index (χ4n) is 11.4. The first kappa shape index (κ1) is 74.5. The van der Waals surface area contributed by atoms with Crippen LogP contribution in [-0.2, 0) is 64.5 Å². The Morgan fingerprint density at radius 2 is 0.969 bits per heavy atom. The number of hydrogen-bond donors (Lipinski definition) is 8. The van der Waals surface area contributed by atoms with Crippen LogP contribution in [0, 0.1) is 5.92 Å². The van der Waals surface area contributed by atoms with Crippen LogP contribution in [0.5, 0.6) is 5.75 Å².